The Kier molecular flexibility index (Phi) is 2.99. The predicted octanol–water partition coefficient (Wildman–Crippen LogP) is 2.80. The van der Waals surface area contributed by atoms with Crippen LogP contribution in [-0.2, 0) is 11.8 Å². The fourth-order valence-corrected chi connectivity index (χ4v) is 3.35. The highest BCUT2D eigenvalue weighted by atomic mass is 15.1. The van der Waals surface area contributed by atoms with E-state index in [0.717, 1.165) is 13.0 Å². The molecule has 2 heteroatoms. The zero-order valence-electron chi connectivity index (χ0n) is 12.3. The smallest absolute Gasteiger partial charge is 0.0994 e. The first-order valence-electron chi connectivity index (χ1n) is 6.49. The summed E-state index contributed by atoms with van der Waals surface area (Å²) in [5, 5.41) is 9.63. The molecule has 0 N–H and O–H groups in total. The molecule has 2 rings (SSSR count). The summed E-state index contributed by atoms with van der Waals surface area (Å²) < 4.78 is 0. The van der Waals surface area contributed by atoms with Crippen molar-refractivity contribution in [3.8, 4) is 6.07 Å². The summed E-state index contributed by atoms with van der Waals surface area (Å²) in [6, 6.07) is 2.58. The second-order valence-electron chi connectivity index (χ2n) is 5.96. The largest absolute Gasteiger partial charge is 0.307 e. The van der Waals surface area contributed by atoms with Crippen molar-refractivity contribution in [2.24, 2.45) is 0 Å². The predicted molar refractivity (Wildman–Crippen MR) is 74.9 cm³/mol. The van der Waals surface area contributed by atoms with Gasteiger partial charge >= 0.3 is 0 Å². The molecular weight excluding hydrogens is 220 g/mol. The SMILES string of the molecule is Cc1c(C)c(C)c2c(c1C)CC2(C#N)CN(C)C. The maximum absolute atomic E-state index is 9.63. The summed E-state index contributed by atoms with van der Waals surface area (Å²) >= 11 is 0. The molecular formula is C16H22N2. The summed E-state index contributed by atoms with van der Waals surface area (Å²) in [4.78, 5) is 2.12. The summed E-state index contributed by atoms with van der Waals surface area (Å²) in [5.74, 6) is 0. The Balaban J connectivity index is 2.63. The van der Waals surface area contributed by atoms with Crippen LogP contribution < -0.4 is 0 Å². The number of fused-ring (bicyclic) bond motifs is 1. The van der Waals surface area contributed by atoms with E-state index in [1.807, 2.05) is 14.1 Å². The van der Waals surface area contributed by atoms with Crippen LogP contribution in [0, 0.1) is 39.0 Å². The number of hydrogen-bond donors (Lipinski definition) is 0. The van der Waals surface area contributed by atoms with Gasteiger partial charge in [0.1, 0.15) is 0 Å². The standard InChI is InChI=1S/C16H22N2/c1-10-11(2)13(4)15-14(12(10)3)7-16(15,8-17)9-18(5)6/h7,9H2,1-6H3. The number of rotatable bonds is 2. The van der Waals surface area contributed by atoms with Gasteiger partial charge in [-0.1, -0.05) is 0 Å². The molecule has 1 aliphatic carbocycles. The van der Waals surface area contributed by atoms with E-state index in [-0.39, 0.29) is 5.41 Å². The van der Waals surface area contributed by atoms with Gasteiger partial charge < -0.3 is 4.90 Å². The van der Waals surface area contributed by atoms with Gasteiger partial charge in [-0.05, 0) is 81.6 Å². The van der Waals surface area contributed by atoms with Crippen molar-refractivity contribution in [2.75, 3.05) is 20.6 Å². The highest BCUT2D eigenvalue weighted by molar-refractivity contribution is 5.62. The molecule has 0 saturated carbocycles. The average molecular weight is 242 g/mol. The Morgan fingerprint density at radius 3 is 2.11 bits per heavy atom. The maximum Gasteiger partial charge on any atom is 0.0994 e. The number of nitriles is 1. The molecule has 0 aliphatic heterocycles. The molecule has 0 fully saturated rings. The highest BCUT2D eigenvalue weighted by Crippen LogP contribution is 2.46. The van der Waals surface area contributed by atoms with Crippen LogP contribution in [0.5, 0.6) is 0 Å². The summed E-state index contributed by atoms with van der Waals surface area (Å²) in [7, 11) is 4.08. The van der Waals surface area contributed by atoms with Gasteiger partial charge in [-0.3, -0.25) is 0 Å². The lowest BCUT2D eigenvalue weighted by atomic mass is 9.60. The first kappa shape index (κ1) is 13.1. The number of nitrogens with zero attached hydrogens (tertiary/aromatic N) is 2. The van der Waals surface area contributed by atoms with E-state index in [4.69, 9.17) is 0 Å². The van der Waals surface area contributed by atoms with Crippen LogP contribution >= 0.6 is 0 Å². The fraction of sp³-hybridized carbons (Fsp3) is 0.562. The third-order valence-electron chi connectivity index (χ3n) is 4.57. The Morgan fingerprint density at radius 1 is 1.06 bits per heavy atom. The quantitative estimate of drug-likeness (QED) is 0.797. The zero-order chi connectivity index (χ0) is 13.7. The lowest BCUT2D eigenvalue weighted by molar-refractivity contribution is 0.302. The fourth-order valence-electron chi connectivity index (χ4n) is 3.35. The Morgan fingerprint density at radius 2 is 1.61 bits per heavy atom. The minimum absolute atomic E-state index is 0.286. The van der Waals surface area contributed by atoms with E-state index in [9.17, 15) is 5.26 Å². The van der Waals surface area contributed by atoms with Crippen molar-refractivity contribution in [3.05, 3.63) is 33.4 Å². The molecule has 0 amide bonds. The summed E-state index contributed by atoms with van der Waals surface area (Å²) in [5.41, 5.74) is 7.89. The molecule has 1 unspecified atom stereocenters. The van der Waals surface area contributed by atoms with Gasteiger partial charge in [-0.2, -0.15) is 5.26 Å². The molecule has 0 aromatic heterocycles. The molecule has 1 atom stereocenters. The summed E-state index contributed by atoms with van der Waals surface area (Å²) in [6.07, 6.45) is 0.908. The van der Waals surface area contributed by atoms with Gasteiger partial charge in [-0.25, -0.2) is 0 Å². The van der Waals surface area contributed by atoms with E-state index < -0.39 is 0 Å². The molecule has 2 nitrogen and oxygen atoms in total. The van der Waals surface area contributed by atoms with Gasteiger partial charge in [0.05, 0.1) is 11.5 Å². The van der Waals surface area contributed by atoms with Crippen molar-refractivity contribution in [1.82, 2.24) is 4.90 Å². The van der Waals surface area contributed by atoms with Crippen LogP contribution in [0.25, 0.3) is 0 Å². The van der Waals surface area contributed by atoms with Crippen LogP contribution in [-0.4, -0.2) is 25.5 Å². The third kappa shape index (κ3) is 1.58. The highest BCUT2D eigenvalue weighted by Gasteiger charge is 2.46. The van der Waals surface area contributed by atoms with Crippen LogP contribution in [0.15, 0.2) is 0 Å². The number of likely N-dealkylation sites (N-methyl/N-ethyl adjacent to an activating group) is 1. The maximum atomic E-state index is 9.63. The minimum atomic E-state index is -0.286. The second-order valence-corrected chi connectivity index (χ2v) is 5.96. The Hall–Kier alpha value is -1.33. The van der Waals surface area contributed by atoms with E-state index in [1.54, 1.807) is 0 Å². The average Bonchev–Trinajstić information content (AvgIpc) is 2.29. The van der Waals surface area contributed by atoms with Crippen molar-refractivity contribution in [2.45, 2.75) is 39.5 Å². The molecule has 0 radical (unpaired) electrons. The molecule has 96 valence electrons. The second kappa shape index (κ2) is 4.10. The molecule has 1 aromatic carbocycles. The monoisotopic (exact) mass is 242 g/mol. The molecule has 1 aromatic rings. The zero-order valence-corrected chi connectivity index (χ0v) is 12.3. The van der Waals surface area contributed by atoms with Crippen molar-refractivity contribution < 1.29 is 0 Å². The van der Waals surface area contributed by atoms with E-state index in [0.29, 0.717) is 0 Å². The number of hydrogen-bond acceptors (Lipinski definition) is 2. The minimum Gasteiger partial charge on any atom is -0.307 e. The first-order valence-corrected chi connectivity index (χ1v) is 6.49. The Labute approximate surface area is 110 Å². The van der Waals surface area contributed by atoms with Crippen LogP contribution in [0.4, 0.5) is 0 Å². The van der Waals surface area contributed by atoms with Crippen LogP contribution in [0.2, 0.25) is 0 Å². The molecule has 18 heavy (non-hydrogen) atoms. The van der Waals surface area contributed by atoms with E-state index in [1.165, 1.54) is 33.4 Å². The normalized spacial score (nSPS) is 21.4. The van der Waals surface area contributed by atoms with Crippen molar-refractivity contribution >= 4 is 0 Å². The lowest BCUT2D eigenvalue weighted by Crippen LogP contribution is -2.47. The van der Waals surface area contributed by atoms with Crippen molar-refractivity contribution in [1.29, 1.82) is 5.26 Å². The van der Waals surface area contributed by atoms with Crippen LogP contribution in [0.1, 0.15) is 33.4 Å². The third-order valence-corrected chi connectivity index (χ3v) is 4.57. The van der Waals surface area contributed by atoms with Crippen molar-refractivity contribution in [3.63, 3.8) is 0 Å². The lowest BCUT2D eigenvalue weighted by Gasteiger charge is -2.43. The van der Waals surface area contributed by atoms with Gasteiger partial charge in [-0.15, -0.1) is 0 Å². The van der Waals surface area contributed by atoms with Crippen LogP contribution in [0.3, 0.4) is 0 Å². The number of benzene rings is 1. The van der Waals surface area contributed by atoms with Gasteiger partial charge in [0, 0.05) is 6.54 Å². The first-order chi connectivity index (χ1) is 8.34. The van der Waals surface area contributed by atoms with Gasteiger partial charge in [0.2, 0.25) is 0 Å². The molecule has 0 spiro atoms. The topological polar surface area (TPSA) is 27.0 Å². The van der Waals surface area contributed by atoms with Gasteiger partial charge in [0.25, 0.3) is 0 Å². The summed E-state index contributed by atoms with van der Waals surface area (Å²) in [6.45, 7) is 9.54. The van der Waals surface area contributed by atoms with Gasteiger partial charge in [0.15, 0.2) is 0 Å². The van der Waals surface area contributed by atoms with E-state index >= 15 is 0 Å². The molecule has 0 heterocycles. The molecule has 0 saturated heterocycles. The molecule has 0 bridgehead atoms. The Bertz CT molecular complexity index is 526. The molecule has 1 aliphatic rings. The van der Waals surface area contributed by atoms with E-state index in [2.05, 4.69) is 38.7 Å².